The van der Waals surface area contributed by atoms with Gasteiger partial charge in [0.25, 0.3) is 0 Å². The largest absolute Gasteiger partial charge is 0.490 e. The summed E-state index contributed by atoms with van der Waals surface area (Å²) in [6, 6.07) is 3.65. The smallest absolute Gasteiger partial charge is 0.309 e. The van der Waals surface area contributed by atoms with Crippen LogP contribution < -0.4 is 5.01 Å². The second kappa shape index (κ2) is 5.22. The third-order valence-corrected chi connectivity index (χ3v) is 2.29. The van der Waals surface area contributed by atoms with Crippen molar-refractivity contribution >= 4 is 11.5 Å². The van der Waals surface area contributed by atoms with Crippen LogP contribution in [0.5, 0.6) is 0 Å². The van der Waals surface area contributed by atoms with Gasteiger partial charge < -0.3 is 15.5 Å². The number of hydrogen-bond donors (Lipinski definition) is 2. The number of nitrogens with zero attached hydrogens (tertiary/aromatic N) is 3. The van der Waals surface area contributed by atoms with E-state index in [0.717, 1.165) is 16.3 Å². The second-order valence-electron chi connectivity index (χ2n) is 3.54. The summed E-state index contributed by atoms with van der Waals surface area (Å²) in [5.74, 6) is -0.815. The lowest BCUT2D eigenvalue weighted by Crippen LogP contribution is -3.03. The lowest BCUT2D eigenvalue weighted by atomic mass is 10.2. The predicted octanol–water partition coefficient (Wildman–Crippen LogP) is -0.00690. The molecule has 0 saturated carbocycles. The number of aliphatic carboxylic acids is 1. The Morgan fingerprint density at radius 3 is 3.00 bits per heavy atom. The fourth-order valence-electron chi connectivity index (χ4n) is 1.41. The molecular weight excluding hydrogens is 220 g/mol. The van der Waals surface area contributed by atoms with Crippen molar-refractivity contribution in [2.75, 3.05) is 6.54 Å². The third-order valence-electron chi connectivity index (χ3n) is 2.29. The molecule has 0 aromatic carbocycles. The van der Waals surface area contributed by atoms with Crippen molar-refractivity contribution in [2.24, 2.45) is 0 Å². The molecule has 1 unspecified atom stereocenters. The standard InChI is InChI=1S/C11H12N4O2/c16-11(17)4-7-15-6-3-9(8-13-15)10-2-1-5-12-14-10/h1-3,5-6,8,15H,4,7H2,(H-,13,14,16,17). The fraction of sp³-hybridized carbons (Fsp3) is 0.182. The molecule has 2 rings (SSSR count). The van der Waals surface area contributed by atoms with Gasteiger partial charge in [-0.2, -0.15) is 10.2 Å². The Bertz CT molecular complexity index is 456. The minimum Gasteiger partial charge on any atom is -0.490 e. The van der Waals surface area contributed by atoms with Crippen molar-refractivity contribution in [2.45, 2.75) is 6.42 Å². The van der Waals surface area contributed by atoms with Gasteiger partial charge in [0.15, 0.2) is 0 Å². The molecule has 6 nitrogen and oxygen atoms in total. The van der Waals surface area contributed by atoms with Crippen LogP contribution in [0.25, 0.3) is 11.0 Å². The van der Waals surface area contributed by atoms with Crippen molar-refractivity contribution in [3.05, 3.63) is 47.9 Å². The molecule has 6 heteroatoms. The van der Waals surface area contributed by atoms with E-state index in [1.807, 2.05) is 18.3 Å². The van der Waals surface area contributed by atoms with E-state index >= 15 is 0 Å². The average molecular weight is 232 g/mol. The van der Waals surface area contributed by atoms with Gasteiger partial charge in [-0.25, -0.2) is 0 Å². The molecule has 2 N–H and O–H groups in total. The van der Waals surface area contributed by atoms with E-state index in [2.05, 4.69) is 15.6 Å². The molecule has 0 amide bonds. The summed E-state index contributed by atoms with van der Waals surface area (Å²) in [6.07, 6.45) is 7.07. The van der Waals surface area contributed by atoms with E-state index in [9.17, 15) is 4.79 Å². The Balaban J connectivity index is 1.95. The molecule has 1 atom stereocenters. The zero-order chi connectivity index (χ0) is 12.1. The Labute approximate surface area is 98.2 Å². The molecule has 0 radical (unpaired) electrons. The maximum atomic E-state index is 10.4. The summed E-state index contributed by atoms with van der Waals surface area (Å²) in [5.41, 5.74) is 5.82. The molecular formula is C11H12N4O2. The molecule has 0 aliphatic carbocycles. The first-order chi connectivity index (χ1) is 8.25. The number of nitrogens with one attached hydrogen (secondary N) is 1. The lowest BCUT2D eigenvalue weighted by Gasteiger charge is -2.29. The Morgan fingerprint density at radius 2 is 2.41 bits per heavy atom. The minimum absolute atomic E-state index is 0.0947. The van der Waals surface area contributed by atoms with Crippen LogP contribution in [0.1, 0.15) is 12.1 Å². The highest BCUT2D eigenvalue weighted by molar-refractivity contribution is 5.72. The fourth-order valence-corrected chi connectivity index (χ4v) is 1.41. The molecule has 0 spiro atoms. The summed E-state index contributed by atoms with van der Waals surface area (Å²) in [6.45, 7) is 0.441. The monoisotopic (exact) mass is 232 g/mol. The SMILES string of the molecule is O=C(O)CC[NH+]1C=CC(c2cccnn2)=C[N-]1. The van der Waals surface area contributed by atoms with Crippen molar-refractivity contribution < 1.29 is 14.9 Å². The highest BCUT2D eigenvalue weighted by Crippen LogP contribution is 2.13. The zero-order valence-electron chi connectivity index (χ0n) is 9.08. The summed E-state index contributed by atoms with van der Waals surface area (Å²) in [4.78, 5) is 10.4. The van der Waals surface area contributed by atoms with Crippen LogP contribution in [-0.2, 0) is 4.79 Å². The van der Waals surface area contributed by atoms with Gasteiger partial charge in [0, 0.05) is 6.20 Å². The molecule has 2 heterocycles. The normalized spacial score (nSPS) is 18.4. The number of quaternary nitrogens is 1. The molecule has 1 aromatic rings. The van der Waals surface area contributed by atoms with Crippen LogP contribution in [0.3, 0.4) is 0 Å². The molecule has 17 heavy (non-hydrogen) atoms. The van der Waals surface area contributed by atoms with Gasteiger partial charge >= 0.3 is 5.97 Å². The quantitative estimate of drug-likeness (QED) is 0.765. The Kier molecular flexibility index (Phi) is 3.46. The van der Waals surface area contributed by atoms with E-state index in [1.165, 1.54) is 0 Å². The van der Waals surface area contributed by atoms with Crippen molar-refractivity contribution in [1.82, 2.24) is 10.2 Å². The van der Waals surface area contributed by atoms with E-state index in [-0.39, 0.29) is 6.42 Å². The summed E-state index contributed by atoms with van der Waals surface area (Å²) < 4.78 is 0. The van der Waals surface area contributed by atoms with Crippen LogP contribution in [0.2, 0.25) is 0 Å². The molecule has 1 aromatic heterocycles. The number of carboxylic acids is 1. The Morgan fingerprint density at radius 1 is 1.53 bits per heavy atom. The zero-order valence-corrected chi connectivity index (χ0v) is 9.08. The van der Waals surface area contributed by atoms with Gasteiger partial charge in [-0.15, -0.1) is 6.20 Å². The first-order valence-corrected chi connectivity index (χ1v) is 5.20. The third kappa shape index (κ3) is 3.12. The van der Waals surface area contributed by atoms with Gasteiger partial charge in [0.1, 0.15) is 0 Å². The molecule has 1 aliphatic rings. The number of carbonyl (C=O) groups is 1. The topological polar surface area (TPSA) is 81.6 Å². The first kappa shape index (κ1) is 11.3. The van der Waals surface area contributed by atoms with Crippen molar-refractivity contribution in [3.63, 3.8) is 0 Å². The highest BCUT2D eigenvalue weighted by Gasteiger charge is 2.06. The van der Waals surface area contributed by atoms with Gasteiger partial charge in [0.05, 0.1) is 24.9 Å². The van der Waals surface area contributed by atoms with Gasteiger partial charge in [-0.3, -0.25) is 4.79 Å². The van der Waals surface area contributed by atoms with E-state index in [0.29, 0.717) is 6.54 Å². The average Bonchev–Trinajstić information content (AvgIpc) is 2.38. The number of allylic oxidation sites excluding steroid dienone is 2. The van der Waals surface area contributed by atoms with Crippen molar-refractivity contribution in [1.29, 1.82) is 0 Å². The lowest BCUT2D eigenvalue weighted by molar-refractivity contribution is -0.803. The van der Waals surface area contributed by atoms with Crippen LogP contribution in [0.15, 0.2) is 36.8 Å². The summed E-state index contributed by atoms with van der Waals surface area (Å²) >= 11 is 0. The first-order valence-electron chi connectivity index (χ1n) is 5.20. The highest BCUT2D eigenvalue weighted by atomic mass is 16.4. The molecule has 0 bridgehead atoms. The van der Waals surface area contributed by atoms with Crippen LogP contribution in [-0.4, -0.2) is 27.8 Å². The van der Waals surface area contributed by atoms with Crippen LogP contribution in [0, 0.1) is 0 Å². The van der Waals surface area contributed by atoms with E-state index in [4.69, 9.17) is 5.11 Å². The maximum absolute atomic E-state index is 10.4. The molecule has 88 valence electrons. The number of hydrogen-bond acceptors (Lipinski definition) is 3. The summed E-state index contributed by atoms with van der Waals surface area (Å²) in [7, 11) is 0. The Hall–Kier alpha value is -2.21. The molecule has 1 aliphatic heterocycles. The minimum atomic E-state index is -0.815. The van der Waals surface area contributed by atoms with Gasteiger partial charge in [-0.05, 0) is 23.8 Å². The summed E-state index contributed by atoms with van der Waals surface area (Å²) in [5, 5.41) is 17.1. The predicted molar refractivity (Wildman–Crippen MR) is 60.6 cm³/mol. The molecule has 0 saturated heterocycles. The van der Waals surface area contributed by atoms with Crippen molar-refractivity contribution in [3.8, 4) is 0 Å². The van der Waals surface area contributed by atoms with Gasteiger partial charge in [0.2, 0.25) is 0 Å². The number of carboxylic acid groups (broad SMARTS) is 1. The van der Waals surface area contributed by atoms with Crippen LogP contribution >= 0.6 is 0 Å². The second-order valence-corrected chi connectivity index (χ2v) is 3.54. The molecule has 0 fully saturated rings. The van der Waals surface area contributed by atoms with E-state index < -0.39 is 5.97 Å². The van der Waals surface area contributed by atoms with E-state index in [1.54, 1.807) is 18.5 Å². The van der Waals surface area contributed by atoms with Crippen LogP contribution in [0.4, 0.5) is 0 Å². The van der Waals surface area contributed by atoms with Gasteiger partial charge in [-0.1, -0.05) is 0 Å². The number of rotatable bonds is 4. The number of aromatic nitrogens is 2. The maximum Gasteiger partial charge on any atom is 0.309 e.